The minimum absolute atomic E-state index is 0.135. The first-order valence-corrected chi connectivity index (χ1v) is 14.4. The summed E-state index contributed by atoms with van der Waals surface area (Å²) in [5, 5.41) is 32.4. The van der Waals surface area contributed by atoms with E-state index < -0.39 is 17.5 Å². The summed E-state index contributed by atoms with van der Waals surface area (Å²) in [7, 11) is 0. The van der Waals surface area contributed by atoms with Gasteiger partial charge in [0, 0.05) is 40.7 Å². The zero-order valence-corrected chi connectivity index (χ0v) is 25.0. The van der Waals surface area contributed by atoms with Gasteiger partial charge in [-0.25, -0.2) is 14.8 Å². The van der Waals surface area contributed by atoms with Crippen LogP contribution in [-0.4, -0.2) is 41.2 Å². The van der Waals surface area contributed by atoms with Crippen LogP contribution in [0.4, 0.5) is 0 Å². The lowest BCUT2D eigenvalue weighted by Gasteiger charge is -2.13. The lowest BCUT2D eigenvalue weighted by atomic mass is 9.89. The minimum Gasteiger partial charge on any atom is -0.512 e. The van der Waals surface area contributed by atoms with Crippen molar-refractivity contribution in [1.82, 2.24) is 19.9 Å². The molecule has 0 radical (unpaired) electrons. The molecule has 5 N–H and O–H groups in total. The number of H-pyrrole nitrogens is 2. The van der Waals surface area contributed by atoms with E-state index >= 15 is 0 Å². The second kappa shape index (κ2) is 10.1. The molecule has 0 saturated heterocycles. The van der Waals surface area contributed by atoms with E-state index in [0.717, 1.165) is 29.0 Å². The number of aliphatic hydroxyl groups is 1. The van der Waals surface area contributed by atoms with Gasteiger partial charge in [-0.2, -0.15) is 0 Å². The van der Waals surface area contributed by atoms with Crippen molar-refractivity contribution in [3.63, 3.8) is 0 Å². The van der Waals surface area contributed by atoms with Crippen molar-refractivity contribution in [1.29, 1.82) is 0 Å². The van der Waals surface area contributed by atoms with Crippen molar-refractivity contribution in [3.8, 4) is 5.95 Å². The van der Waals surface area contributed by atoms with Gasteiger partial charge < -0.3 is 29.7 Å². The summed E-state index contributed by atoms with van der Waals surface area (Å²) in [6.07, 6.45) is 0.853. The number of nitrogens with zero attached hydrogens (tertiary/aromatic N) is 2. The Morgan fingerprint density at radius 1 is 1.00 bits per heavy atom. The van der Waals surface area contributed by atoms with Crippen LogP contribution in [0.2, 0.25) is 0 Å². The Labute approximate surface area is 246 Å². The van der Waals surface area contributed by atoms with Crippen molar-refractivity contribution in [2.75, 3.05) is 0 Å². The Bertz CT molecular complexity index is 2100. The first-order valence-electron chi connectivity index (χ1n) is 14.4. The van der Waals surface area contributed by atoms with Crippen molar-refractivity contribution < 1.29 is 24.5 Å². The molecule has 1 unspecified atom stereocenters. The van der Waals surface area contributed by atoms with E-state index in [1.807, 2.05) is 39.0 Å². The molecule has 3 aromatic heterocycles. The molecule has 0 aliphatic carbocycles. The first kappa shape index (κ1) is 28.3. The van der Waals surface area contributed by atoms with Crippen molar-refractivity contribution in [3.05, 3.63) is 73.8 Å². The average molecular weight is 583 g/mol. The van der Waals surface area contributed by atoms with Gasteiger partial charge in [-0.3, -0.25) is 4.79 Å². The number of fused-ring (bicyclic) bond motifs is 8. The van der Waals surface area contributed by atoms with Gasteiger partial charge in [0.05, 0.1) is 39.1 Å². The molecule has 6 rings (SSSR count). The second-order valence-corrected chi connectivity index (χ2v) is 11.6. The van der Waals surface area contributed by atoms with E-state index in [-0.39, 0.29) is 35.8 Å². The molecule has 0 fully saturated rings. The minimum atomic E-state index is -0.971. The van der Waals surface area contributed by atoms with Crippen molar-refractivity contribution >= 4 is 50.1 Å². The summed E-state index contributed by atoms with van der Waals surface area (Å²) in [5.41, 5.74) is 7.23. The predicted octanol–water partition coefficient (Wildman–Crippen LogP) is 6.13. The summed E-state index contributed by atoms with van der Waals surface area (Å²) in [6.45, 7) is 11.5. The van der Waals surface area contributed by atoms with Gasteiger partial charge in [0.2, 0.25) is 0 Å². The molecule has 3 aromatic rings. The number of nitrogens with one attached hydrogen (secondary N) is 2. The molecule has 10 heteroatoms. The monoisotopic (exact) mass is 582 g/mol. The van der Waals surface area contributed by atoms with Crippen LogP contribution in [0.3, 0.4) is 0 Å². The van der Waals surface area contributed by atoms with Crippen LogP contribution < -0.4 is 11.0 Å². The molecular formula is C33H34N4O6. The number of aromatic amines is 2. The SMILES string of the molecule is CC[C@H]1c2cc3[nH]c4c(c5nc(cc6nc(cc([nH]2)C1C)C(=C(C)O)C=6C)C(C)=C5CCC(=O)O)c(O)oc(=O)c4c3C. The number of carboxylic acid groups (broad SMARTS) is 1. The topological polar surface area (TPSA) is 165 Å². The third kappa shape index (κ3) is 4.40. The first-order chi connectivity index (χ1) is 20.4. The van der Waals surface area contributed by atoms with E-state index in [0.29, 0.717) is 55.6 Å². The number of hydrogen-bond acceptors (Lipinski definition) is 7. The van der Waals surface area contributed by atoms with Gasteiger partial charge in [-0.1, -0.05) is 13.8 Å². The Balaban J connectivity index is 1.86. The largest absolute Gasteiger partial charge is 0.512 e. The number of carbonyl (C=O) groups is 1. The number of aryl methyl sites for hydroxylation is 1. The maximum atomic E-state index is 13.1. The van der Waals surface area contributed by atoms with Gasteiger partial charge in [-0.05, 0) is 81.0 Å². The van der Waals surface area contributed by atoms with Gasteiger partial charge >= 0.3 is 11.6 Å². The average Bonchev–Trinajstić information content (AvgIpc) is 3.61. The normalized spacial score (nSPS) is 18.9. The smallest absolute Gasteiger partial charge is 0.348 e. The quantitative estimate of drug-likeness (QED) is 0.229. The fraction of sp³-hybridized carbons (Fsp3) is 0.333. The van der Waals surface area contributed by atoms with E-state index in [9.17, 15) is 24.9 Å². The molecule has 0 saturated carbocycles. The molecule has 8 bridgehead atoms. The van der Waals surface area contributed by atoms with Crippen LogP contribution in [0, 0.1) is 6.92 Å². The fourth-order valence-corrected chi connectivity index (χ4v) is 6.67. The predicted molar refractivity (Wildman–Crippen MR) is 165 cm³/mol. The highest BCUT2D eigenvalue weighted by molar-refractivity contribution is 6.09. The van der Waals surface area contributed by atoms with Gasteiger partial charge in [0.15, 0.2) is 0 Å². The second-order valence-electron chi connectivity index (χ2n) is 11.6. The highest BCUT2D eigenvalue weighted by atomic mass is 16.5. The number of aliphatic carboxylic acids is 1. The number of hydrogen-bond donors (Lipinski definition) is 5. The van der Waals surface area contributed by atoms with Crippen LogP contribution in [0.1, 0.15) is 99.8 Å². The Morgan fingerprint density at radius 2 is 1.74 bits per heavy atom. The molecule has 3 aliphatic rings. The summed E-state index contributed by atoms with van der Waals surface area (Å²) in [5.74, 6) is -1.12. The summed E-state index contributed by atoms with van der Waals surface area (Å²) in [6, 6.07) is 5.78. The Morgan fingerprint density at radius 3 is 2.42 bits per heavy atom. The standard InChI is InChI=1S/C33H34N4O6/c1-7-18-13(2)20-12-25-27(17(6)38)15(4)22(35-25)10-21-14(3)19(8-9-26(39)40)30(36-21)29-31-28(32(41)43-33(29)42)16(5)23(37-31)11-24(18)34-20/h10-13,18,34,37-38,42H,7-9H2,1-6H3,(H,39,40)/t13?,18-/m1/s1. The highest BCUT2D eigenvalue weighted by Crippen LogP contribution is 2.42. The molecule has 3 aliphatic heterocycles. The number of aliphatic hydroxyl groups excluding tert-OH is 1. The van der Waals surface area contributed by atoms with Crippen LogP contribution in [0.25, 0.3) is 44.1 Å². The molecule has 0 amide bonds. The van der Waals surface area contributed by atoms with Crippen molar-refractivity contribution in [2.24, 2.45) is 0 Å². The Hall–Kier alpha value is -4.86. The number of aromatic hydroxyl groups is 1. The van der Waals surface area contributed by atoms with E-state index in [1.54, 1.807) is 6.92 Å². The molecule has 10 nitrogen and oxygen atoms in total. The molecule has 6 heterocycles. The number of aromatic nitrogens is 4. The number of allylic oxidation sites excluding steroid dienone is 4. The maximum absolute atomic E-state index is 13.1. The Kier molecular flexibility index (Phi) is 6.67. The third-order valence-corrected chi connectivity index (χ3v) is 9.03. The maximum Gasteiger partial charge on any atom is 0.348 e. The highest BCUT2D eigenvalue weighted by Gasteiger charge is 2.29. The molecular weight excluding hydrogens is 548 g/mol. The molecule has 0 spiro atoms. The van der Waals surface area contributed by atoms with Crippen LogP contribution in [0.5, 0.6) is 5.95 Å². The summed E-state index contributed by atoms with van der Waals surface area (Å²) < 4.78 is 5.35. The van der Waals surface area contributed by atoms with Gasteiger partial charge in [-0.15, -0.1) is 0 Å². The number of rotatable bonds is 4. The number of carboxylic acids is 1. The zero-order chi connectivity index (χ0) is 30.9. The third-order valence-electron chi connectivity index (χ3n) is 9.03. The van der Waals surface area contributed by atoms with Crippen LogP contribution >= 0.6 is 0 Å². The molecule has 2 atom stereocenters. The zero-order valence-electron chi connectivity index (χ0n) is 25.0. The molecule has 0 aromatic carbocycles. The van der Waals surface area contributed by atoms with E-state index in [4.69, 9.17) is 14.4 Å². The van der Waals surface area contributed by atoms with Crippen LogP contribution in [0.15, 0.2) is 33.2 Å². The van der Waals surface area contributed by atoms with Gasteiger partial charge in [0.1, 0.15) is 5.39 Å². The van der Waals surface area contributed by atoms with E-state index in [1.165, 1.54) is 0 Å². The summed E-state index contributed by atoms with van der Waals surface area (Å²) in [4.78, 5) is 41.4. The molecule has 43 heavy (non-hydrogen) atoms. The van der Waals surface area contributed by atoms with Crippen LogP contribution in [-0.2, 0) is 4.79 Å². The lowest BCUT2D eigenvalue weighted by molar-refractivity contribution is -0.136. The van der Waals surface area contributed by atoms with Gasteiger partial charge in [0.25, 0.3) is 5.95 Å². The fourth-order valence-electron chi connectivity index (χ4n) is 6.67. The lowest BCUT2D eigenvalue weighted by Crippen LogP contribution is -2.03. The van der Waals surface area contributed by atoms with Crippen molar-refractivity contribution in [2.45, 2.75) is 72.6 Å². The summed E-state index contributed by atoms with van der Waals surface area (Å²) >= 11 is 0. The molecule has 222 valence electrons. The van der Waals surface area contributed by atoms with E-state index in [2.05, 4.69) is 23.8 Å².